The Labute approximate surface area is 185 Å². The van der Waals surface area contributed by atoms with Gasteiger partial charge in [-0.15, -0.1) is 0 Å². The van der Waals surface area contributed by atoms with Gasteiger partial charge in [-0.1, -0.05) is 0 Å². The third kappa shape index (κ3) is 3.90. The van der Waals surface area contributed by atoms with Crippen molar-refractivity contribution in [2.75, 3.05) is 32.8 Å². The summed E-state index contributed by atoms with van der Waals surface area (Å²) in [5, 5.41) is 25.2. The van der Waals surface area contributed by atoms with Gasteiger partial charge < -0.3 is 24.5 Å². The number of morpholine rings is 1. The lowest BCUT2D eigenvalue weighted by molar-refractivity contribution is -0.384. The van der Waals surface area contributed by atoms with Crippen molar-refractivity contribution in [2.45, 2.75) is 51.7 Å². The van der Waals surface area contributed by atoms with Crippen LogP contribution >= 0.6 is 0 Å². The Hall–Kier alpha value is -3.15. The maximum absolute atomic E-state index is 11.8. The molecule has 2 unspecified atom stereocenters. The van der Waals surface area contributed by atoms with Crippen LogP contribution in [0.5, 0.6) is 0 Å². The van der Waals surface area contributed by atoms with E-state index in [1.54, 1.807) is 0 Å². The van der Waals surface area contributed by atoms with E-state index in [-0.39, 0.29) is 24.3 Å². The van der Waals surface area contributed by atoms with Crippen LogP contribution in [0.1, 0.15) is 34.1 Å². The maximum Gasteiger partial charge on any atom is 0.407 e. The number of ether oxygens (including phenoxy) is 1. The van der Waals surface area contributed by atoms with E-state index in [1.807, 2.05) is 25.7 Å². The van der Waals surface area contributed by atoms with E-state index in [4.69, 9.17) is 9.73 Å². The summed E-state index contributed by atoms with van der Waals surface area (Å²) >= 11 is 0. The number of hydrogen-bond acceptors (Lipinski definition) is 8. The zero-order valence-corrected chi connectivity index (χ0v) is 18.8. The van der Waals surface area contributed by atoms with E-state index in [0.717, 1.165) is 11.4 Å². The minimum absolute atomic E-state index is 0.0996. The van der Waals surface area contributed by atoms with Crippen LogP contribution in [0.15, 0.2) is 28.8 Å². The lowest BCUT2D eigenvalue weighted by Crippen LogP contribution is -2.62. The molecule has 12 nitrogen and oxygen atoms in total. The summed E-state index contributed by atoms with van der Waals surface area (Å²) in [7, 11) is 0. The van der Waals surface area contributed by atoms with Crippen LogP contribution in [0.4, 0.5) is 10.5 Å². The number of amides is 1. The van der Waals surface area contributed by atoms with E-state index in [2.05, 4.69) is 16.9 Å². The summed E-state index contributed by atoms with van der Waals surface area (Å²) in [4.78, 5) is 33.2. The van der Waals surface area contributed by atoms with E-state index in [1.165, 1.54) is 22.0 Å². The number of nitrogens with zero attached hydrogens (tertiary/aromatic N) is 7. The highest BCUT2D eigenvalue weighted by Crippen LogP contribution is 2.36. The lowest BCUT2D eigenvalue weighted by Gasteiger charge is -2.51. The quantitative estimate of drug-likeness (QED) is 0.537. The predicted molar refractivity (Wildman–Crippen MR) is 115 cm³/mol. The molecule has 174 valence electrons. The van der Waals surface area contributed by atoms with Crippen molar-refractivity contribution in [3.05, 3.63) is 33.9 Å². The summed E-state index contributed by atoms with van der Waals surface area (Å²) in [6, 6.07) is -0.164. The Balaban J connectivity index is 1.87. The third-order valence-electron chi connectivity index (χ3n) is 6.08. The highest BCUT2D eigenvalue weighted by molar-refractivity contribution is 5.85. The molecule has 1 aromatic heterocycles. The first kappa shape index (κ1) is 22.1. The highest BCUT2D eigenvalue weighted by Gasteiger charge is 2.44. The van der Waals surface area contributed by atoms with Gasteiger partial charge in [0.15, 0.2) is 0 Å². The molecule has 1 aromatic rings. The molecule has 0 spiro atoms. The SMILES string of the molecule is CC1COCCN1C1=C2CCN(C(=O)O)CC2N(C(C)(C)C)C(n2cc([N+](=O)[O-])cn2)=N1. The number of aromatic nitrogens is 2. The van der Waals surface area contributed by atoms with Crippen LogP contribution < -0.4 is 0 Å². The Kier molecular flexibility index (Phi) is 5.57. The molecule has 2 atom stereocenters. The van der Waals surface area contributed by atoms with Gasteiger partial charge in [0, 0.05) is 25.2 Å². The van der Waals surface area contributed by atoms with E-state index in [9.17, 15) is 20.0 Å². The lowest BCUT2D eigenvalue weighted by atomic mass is 9.91. The van der Waals surface area contributed by atoms with Crippen molar-refractivity contribution in [1.29, 1.82) is 0 Å². The van der Waals surface area contributed by atoms with Gasteiger partial charge in [-0.3, -0.25) is 10.1 Å². The minimum atomic E-state index is -0.960. The van der Waals surface area contributed by atoms with Crippen LogP contribution in [-0.4, -0.2) is 97.0 Å². The molecular formula is C20H29N7O5. The number of carboxylic acid groups (broad SMARTS) is 1. The molecule has 32 heavy (non-hydrogen) atoms. The molecule has 0 aliphatic carbocycles. The molecule has 0 saturated carbocycles. The van der Waals surface area contributed by atoms with E-state index < -0.39 is 16.6 Å². The van der Waals surface area contributed by atoms with Crippen molar-refractivity contribution in [3.63, 3.8) is 0 Å². The van der Waals surface area contributed by atoms with Crippen molar-refractivity contribution in [3.8, 4) is 0 Å². The minimum Gasteiger partial charge on any atom is -0.465 e. The van der Waals surface area contributed by atoms with Crippen LogP contribution in [0.25, 0.3) is 0 Å². The number of carbonyl (C=O) groups is 1. The predicted octanol–water partition coefficient (Wildman–Crippen LogP) is 1.79. The van der Waals surface area contributed by atoms with E-state index in [0.29, 0.717) is 38.7 Å². The Bertz CT molecular complexity index is 979. The van der Waals surface area contributed by atoms with Gasteiger partial charge >= 0.3 is 11.8 Å². The maximum atomic E-state index is 11.8. The summed E-state index contributed by atoms with van der Waals surface area (Å²) in [6.07, 6.45) is 2.15. The largest absolute Gasteiger partial charge is 0.465 e. The second kappa shape index (κ2) is 8.08. The van der Waals surface area contributed by atoms with Crippen molar-refractivity contribution in [1.82, 2.24) is 24.5 Å². The molecule has 3 aliphatic heterocycles. The molecule has 2 fully saturated rings. The van der Waals surface area contributed by atoms with Crippen LogP contribution in [-0.2, 0) is 4.74 Å². The second-order valence-electron chi connectivity index (χ2n) is 9.31. The van der Waals surface area contributed by atoms with Crippen LogP contribution in [0.3, 0.4) is 0 Å². The number of piperidine rings is 1. The molecule has 4 heterocycles. The molecule has 3 aliphatic rings. The fourth-order valence-corrected chi connectivity index (χ4v) is 4.60. The van der Waals surface area contributed by atoms with Gasteiger partial charge in [0.25, 0.3) is 0 Å². The van der Waals surface area contributed by atoms with Crippen LogP contribution in [0.2, 0.25) is 0 Å². The molecule has 12 heteroatoms. The molecule has 0 aromatic carbocycles. The van der Waals surface area contributed by atoms with Gasteiger partial charge in [-0.2, -0.15) is 10.1 Å². The van der Waals surface area contributed by atoms with Crippen LogP contribution in [0, 0.1) is 10.1 Å². The molecule has 2 saturated heterocycles. The second-order valence-corrected chi connectivity index (χ2v) is 9.31. The van der Waals surface area contributed by atoms with Gasteiger partial charge in [0.05, 0.1) is 30.2 Å². The molecule has 0 bridgehead atoms. The smallest absolute Gasteiger partial charge is 0.407 e. The third-order valence-corrected chi connectivity index (χ3v) is 6.08. The Morgan fingerprint density at radius 3 is 2.69 bits per heavy atom. The number of likely N-dealkylation sites (tertiary alicyclic amines) is 1. The first-order valence-corrected chi connectivity index (χ1v) is 10.7. The fraction of sp³-hybridized carbons (Fsp3) is 0.650. The van der Waals surface area contributed by atoms with Crippen molar-refractivity contribution in [2.24, 2.45) is 4.99 Å². The Morgan fingerprint density at radius 2 is 2.09 bits per heavy atom. The number of fused-ring (bicyclic) bond motifs is 1. The van der Waals surface area contributed by atoms with Gasteiger partial charge in [-0.25, -0.2) is 9.48 Å². The normalized spacial score (nSPS) is 24.4. The molecular weight excluding hydrogens is 418 g/mol. The standard InChI is InChI=1S/C20H29N7O5/c1-13-12-32-8-7-24(13)17-15-5-6-23(19(28)29)11-16(15)26(20(2,3)4)18(22-17)25-10-14(9-21-25)27(30)31/h9-10,13,16H,5-8,11-12H2,1-4H3,(H,28,29). The number of aliphatic imine (C=N–C) groups is 1. The summed E-state index contributed by atoms with van der Waals surface area (Å²) < 4.78 is 7.02. The average molecular weight is 447 g/mol. The van der Waals surface area contributed by atoms with Gasteiger partial charge in [-0.05, 0) is 39.7 Å². The summed E-state index contributed by atoms with van der Waals surface area (Å²) in [5.74, 6) is 1.24. The number of hydrogen-bond donors (Lipinski definition) is 1. The fourth-order valence-electron chi connectivity index (χ4n) is 4.60. The molecule has 0 radical (unpaired) electrons. The molecule has 1 amide bonds. The first-order chi connectivity index (χ1) is 15.1. The average Bonchev–Trinajstić information content (AvgIpc) is 3.22. The summed E-state index contributed by atoms with van der Waals surface area (Å²) in [5.41, 5.74) is 0.504. The van der Waals surface area contributed by atoms with Gasteiger partial charge in [0.1, 0.15) is 18.2 Å². The zero-order chi connectivity index (χ0) is 23.2. The monoisotopic (exact) mass is 447 g/mol. The number of nitro groups is 1. The number of rotatable bonds is 2. The Morgan fingerprint density at radius 1 is 1.34 bits per heavy atom. The first-order valence-electron chi connectivity index (χ1n) is 10.7. The molecule has 1 N–H and O–H groups in total. The van der Waals surface area contributed by atoms with Gasteiger partial charge in [0.2, 0.25) is 5.96 Å². The summed E-state index contributed by atoms with van der Waals surface area (Å²) in [6.45, 7) is 10.6. The molecule has 4 rings (SSSR count). The topological polar surface area (TPSA) is 130 Å². The van der Waals surface area contributed by atoms with E-state index >= 15 is 0 Å². The zero-order valence-electron chi connectivity index (χ0n) is 18.8. The van der Waals surface area contributed by atoms with Crippen molar-refractivity contribution >= 4 is 17.7 Å². The highest BCUT2D eigenvalue weighted by atomic mass is 16.6. The van der Waals surface area contributed by atoms with Crippen molar-refractivity contribution < 1.29 is 19.6 Å².